The van der Waals surface area contributed by atoms with Crippen LogP contribution in [0.25, 0.3) is 20.3 Å². The number of hydrogen-bond donors (Lipinski definition) is 0. The van der Waals surface area contributed by atoms with Crippen LogP contribution in [0, 0.1) is 0 Å². The molecule has 0 spiro atoms. The van der Waals surface area contributed by atoms with E-state index in [-0.39, 0.29) is 5.56 Å². The van der Waals surface area contributed by atoms with Crippen molar-refractivity contribution in [1.29, 1.82) is 0 Å². The molecule has 28 heavy (non-hydrogen) atoms. The van der Waals surface area contributed by atoms with Crippen molar-refractivity contribution in [3.05, 3.63) is 32.8 Å². The third kappa shape index (κ3) is 3.60. The van der Waals surface area contributed by atoms with Crippen LogP contribution in [0.15, 0.2) is 21.4 Å². The van der Waals surface area contributed by atoms with Gasteiger partial charge in [0, 0.05) is 24.9 Å². The number of aryl methyl sites for hydroxylation is 1. The van der Waals surface area contributed by atoms with E-state index in [9.17, 15) is 4.79 Å². The first-order valence-electron chi connectivity index (χ1n) is 10.1. The number of halogens is 1. The number of benzene rings is 1. The Morgan fingerprint density at radius 2 is 2.07 bits per heavy atom. The highest BCUT2D eigenvalue weighted by molar-refractivity contribution is 9.10. The highest BCUT2D eigenvalue weighted by Gasteiger charge is 2.20. The molecule has 0 atom stereocenters. The van der Waals surface area contributed by atoms with Crippen molar-refractivity contribution in [1.82, 2.24) is 14.5 Å². The van der Waals surface area contributed by atoms with Crippen LogP contribution in [0.1, 0.15) is 38.9 Å². The molecule has 1 aliphatic rings. The number of aromatic nitrogens is 2. The van der Waals surface area contributed by atoms with E-state index < -0.39 is 0 Å². The van der Waals surface area contributed by atoms with Crippen molar-refractivity contribution in [2.24, 2.45) is 0 Å². The maximum atomic E-state index is 13.2. The van der Waals surface area contributed by atoms with Crippen LogP contribution in [-0.4, -0.2) is 40.7 Å². The number of fused-ring (bicyclic) bond motifs is 4. The van der Waals surface area contributed by atoms with E-state index in [0.717, 1.165) is 88.2 Å². The molecule has 2 aromatic heterocycles. The highest BCUT2D eigenvalue weighted by atomic mass is 79.9. The third-order valence-corrected chi connectivity index (χ3v) is 7.30. The average Bonchev–Trinajstić information content (AvgIpc) is 2.89. The first-order valence-corrected chi connectivity index (χ1v) is 11.7. The molecule has 3 heterocycles. The Morgan fingerprint density at radius 3 is 2.86 bits per heavy atom. The maximum absolute atomic E-state index is 13.2. The van der Waals surface area contributed by atoms with E-state index in [1.165, 1.54) is 0 Å². The summed E-state index contributed by atoms with van der Waals surface area (Å²) in [7, 11) is 0. The molecular weight excluding hydrogens is 438 g/mol. The molecule has 0 saturated carbocycles. The lowest BCUT2D eigenvalue weighted by Gasteiger charge is -2.18. The summed E-state index contributed by atoms with van der Waals surface area (Å²) in [6.45, 7) is 8.63. The molecule has 5 nitrogen and oxygen atoms in total. The molecule has 0 fully saturated rings. The van der Waals surface area contributed by atoms with Crippen LogP contribution in [0.5, 0.6) is 5.75 Å². The van der Waals surface area contributed by atoms with Crippen LogP contribution in [-0.2, 0) is 13.0 Å². The lowest BCUT2D eigenvalue weighted by Crippen LogP contribution is -2.27. The van der Waals surface area contributed by atoms with Crippen molar-refractivity contribution >= 4 is 47.6 Å². The minimum absolute atomic E-state index is 0.101. The second-order valence-corrected chi connectivity index (χ2v) is 9.06. The normalized spacial score (nSPS) is 14.6. The van der Waals surface area contributed by atoms with Gasteiger partial charge in [-0.2, -0.15) is 0 Å². The van der Waals surface area contributed by atoms with Gasteiger partial charge in [-0.25, -0.2) is 4.98 Å². The van der Waals surface area contributed by atoms with Crippen LogP contribution in [0.2, 0.25) is 0 Å². The van der Waals surface area contributed by atoms with Gasteiger partial charge in [-0.1, -0.05) is 26.3 Å². The second kappa shape index (κ2) is 8.51. The van der Waals surface area contributed by atoms with E-state index in [2.05, 4.69) is 34.7 Å². The van der Waals surface area contributed by atoms with Gasteiger partial charge < -0.3 is 9.64 Å². The van der Waals surface area contributed by atoms with E-state index in [4.69, 9.17) is 9.72 Å². The molecule has 4 rings (SSSR count). The van der Waals surface area contributed by atoms with Crippen LogP contribution >= 0.6 is 27.3 Å². The Morgan fingerprint density at radius 1 is 1.25 bits per heavy atom. The summed E-state index contributed by atoms with van der Waals surface area (Å²) >= 11 is 5.21. The Hall–Kier alpha value is -1.44. The molecule has 0 bridgehead atoms. The van der Waals surface area contributed by atoms with Crippen LogP contribution < -0.4 is 10.3 Å². The van der Waals surface area contributed by atoms with Gasteiger partial charge in [0.05, 0.1) is 14.6 Å². The smallest absolute Gasteiger partial charge is 0.262 e. The first-order chi connectivity index (χ1) is 13.6. The van der Waals surface area contributed by atoms with E-state index in [1.807, 2.05) is 16.7 Å². The summed E-state index contributed by atoms with van der Waals surface area (Å²) in [6, 6.07) is 4.00. The fraction of sp³-hybridized carbons (Fsp3) is 0.524. The highest BCUT2D eigenvalue weighted by Crippen LogP contribution is 2.41. The topological polar surface area (TPSA) is 47.4 Å². The number of ether oxygens (including phenoxy) is 1. The lowest BCUT2D eigenvalue weighted by molar-refractivity contribution is 0.224. The zero-order valence-corrected chi connectivity index (χ0v) is 18.9. The molecule has 7 heteroatoms. The minimum atomic E-state index is 0.101. The predicted molar refractivity (Wildman–Crippen MR) is 120 cm³/mol. The Kier molecular flexibility index (Phi) is 6.04. The number of nitrogens with zero attached hydrogens (tertiary/aromatic N) is 3. The van der Waals surface area contributed by atoms with Crippen LogP contribution in [0.3, 0.4) is 0 Å². The zero-order chi connectivity index (χ0) is 19.7. The van der Waals surface area contributed by atoms with Crippen LogP contribution in [0.4, 0.5) is 0 Å². The van der Waals surface area contributed by atoms with E-state index >= 15 is 0 Å². The molecule has 1 aromatic carbocycles. The fourth-order valence-corrected chi connectivity index (χ4v) is 5.68. The molecular formula is C21H26BrN3O2S. The van der Waals surface area contributed by atoms with Crippen molar-refractivity contribution in [2.75, 3.05) is 26.2 Å². The molecule has 0 amide bonds. The largest absolute Gasteiger partial charge is 0.490 e. The standard InChI is InChI=1S/C21H26BrN3O2S/c1-3-24(4-2)12-13-27-18-15(22)10-9-14-17-20(28-19(14)18)23-16-8-6-5-7-11-25(16)21(17)26/h9-10H,3-8,11-13H2,1-2H3. The van der Waals surface area contributed by atoms with Gasteiger partial charge >= 0.3 is 0 Å². The summed E-state index contributed by atoms with van der Waals surface area (Å²) in [5, 5.41) is 1.70. The number of rotatable bonds is 6. The predicted octanol–water partition coefficient (Wildman–Crippen LogP) is 4.82. The number of thiophene rings is 1. The van der Waals surface area contributed by atoms with Gasteiger partial charge in [0.1, 0.15) is 17.3 Å². The summed E-state index contributed by atoms with van der Waals surface area (Å²) in [5.74, 6) is 1.76. The molecule has 0 saturated heterocycles. The Bertz CT molecular complexity index is 1060. The molecule has 0 unspecified atom stereocenters. The Labute approximate surface area is 177 Å². The van der Waals surface area contributed by atoms with E-state index in [1.54, 1.807) is 11.3 Å². The molecule has 0 radical (unpaired) electrons. The first kappa shape index (κ1) is 19.9. The SMILES string of the molecule is CCN(CC)CCOc1c(Br)ccc2c1sc1nc3n(c(=O)c12)CCCCC3. The fourth-order valence-electron chi connectivity index (χ4n) is 3.92. The third-order valence-electron chi connectivity index (χ3n) is 5.58. The van der Waals surface area contributed by atoms with E-state index in [0.29, 0.717) is 6.61 Å². The quantitative estimate of drug-likeness (QED) is 0.525. The van der Waals surface area contributed by atoms with Gasteiger partial charge in [-0.3, -0.25) is 9.36 Å². The Balaban J connectivity index is 1.78. The van der Waals surface area contributed by atoms with Gasteiger partial charge in [0.25, 0.3) is 5.56 Å². The number of likely N-dealkylation sites (N-methyl/N-ethyl adjacent to an activating group) is 1. The zero-order valence-electron chi connectivity index (χ0n) is 16.5. The summed E-state index contributed by atoms with van der Waals surface area (Å²) in [5.41, 5.74) is 0.101. The average molecular weight is 464 g/mol. The van der Waals surface area contributed by atoms with Gasteiger partial charge in [0.2, 0.25) is 0 Å². The van der Waals surface area contributed by atoms with Crippen molar-refractivity contribution in [2.45, 2.75) is 46.1 Å². The van der Waals surface area contributed by atoms with Crippen molar-refractivity contribution in [3.63, 3.8) is 0 Å². The van der Waals surface area contributed by atoms with Crippen molar-refractivity contribution < 1.29 is 4.74 Å². The molecule has 150 valence electrons. The summed E-state index contributed by atoms with van der Waals surface area (Å²) < 4.78 is 10.0. The maximum Gasteiger partial charge on any atom is 0.262 e. The van der Waals surface area contributed by atoms with Crippen molar-refractivity contribution in [3.8, 4) is 5.75 Å². The summed E-state index contributed by atoms with van der Waals surface area (Å²) in [6.07, 6.45) is 4.20. The molecule has 3 aromatic rings. The number of hydrogen-bond acceptors (Lipinski definition) is 5. The lowest BCUT2D eigenvalue weighted by atomic mass is 10.2. The molecule has 1 aliphatic heterocycles. The van der Waals surface area contributed by atoms with Gasteiger partial charge in [0.15, 0.2) is 5.75 Å². The van der Waals surface area contributed by atoms with Gasteiger partial charge in [-0.15, -0.1) is 11.3 Å². The summed E-state index contributed by atoms with van der Waals surface area (Å²) in [4.78, 5) is 21.3. The molecule has 0 N–H and O–H groups in total. The monoisotopic (exact) mass is 463 g/mol. The molecule has 0 aliphatic carbocycles. The van der Waals surface area contributed by atoms with Gasteiger partial charge in [-0.05, 0) is 47.9 Å². The second-order valence-electron chi connectivity index (χ2n) is 7.21. The minimum Gasteiger partial charge on any atom is -0.490 e.